The predicted molar refractivity (Wildman–Crippen MR) is 170 cm³/mol. The van der Waals surface area contributed by atoms with Crippen LogP contribution in [0.4, 0.5) is 0 Å². The van der Waals surface area contributed by atoms with Crippen LogP contribution in [0.2, 0.25) is 0 Å². The highest BCUT2D eigenvalue weighted by Gasteiger charge is 2.29. The second-order valence-electron chi connectivity index (χ2n) is 11.8. The topological polar surface area (TPSA) is 158 Å². The third kappa shape index (κ3) is 10.0. The quantitative estimate of drug-likeness (QED) is 0.356. The number of hydrogen-bond donors (Lipinski definition) is 4. The van der Waals surface area contributed by atoms with E-state index < -0.39 is 42.1 Å². The third-order valence-electron chi connectivity index (χ3n) is 7.83. The first-order chi connectivity index (χ1) is 22.1. The molecule has 4 rings (SSSR count). The number of likely N-dealkylation sites (N-methyl/N-ethyl adjacent to an activating group) is 1. The third-order valence-corrected chi connectivity index (χ3v) is 7.83. The van der Waals surface area contributed by atoms with E-state index in [1.807, 2.05) is 24.3 Å². The van der Waals surface area contributed by atoms with E-state index in [1.165, 1.54) is 11.9 Å². The summed E-state index contributed by atoms with van der Waals surface area (Å²) in [5.74, 6) is -2.58. The minimum atomic E-state index is -1.24. The first-order valence-corrected chi connectivity index (χ1v) is 15.6. The molecule has 0 radical (unpaired) electrons. The molecule has 5 amide bonds. The number of ether oxygens (including phenoxy) is 2. The number of hydrogen-bond acceptors (Lipinski definition) is 8. The summed E-state index contributed by atoms with van der Waals surface area (Å²) < 4.78 is 11.2. The number of para-hydroxylation sites is 1. The molecule has 0 spiro atoms. The Morgan fingerprint density at radius 3 is 2.48 bits per heavy atom. The normalized spacial score (nSPS) is 20.9. The molecular weight excluding hydrogens is 592 g/mol. The number of benzene rings is 2. The van der Waals surface area contributed by atoms with E-state index in [4.69, 9.17) is 9.47 Å². The summed E-state index contributed by atoms with van der Waals surface area (Å²) in [5.41, 5.74) is 2.15. The van der Waals surface area contributed by atoms with Crippen molar-refractivity contribution in [3.8, 4) is 5.75 Å². The Bertz CT molecular complexity index is 1390. The Morgan fingerprint density at radius 2 is 1.72 bits per heavy atom. The Morgan fingerprint density at radius 1 is 0.978 bits per heavy atom. The van der Waals surface area contributed by atoms with Crippen molar-refractivity contribution >= 4 is 29.5 Å². The van der Waals surface area contributed by atoms with Gasteiger partial charge in [0, 0.05) is 33.2 Å². The maximum atomic E-state index is 13.5. The first kappa shape index (κ1) is 34.4. The average molecular weight is 637 g/mol. The molecule has 2 aromatic carbocycles. The molecule has 4 N–H and O–H groups in total. The van der Waals surface area contributed by atoms with Gasteiger partial charge in [-0.2, -0.15) is 0 Å². The van der Waals surface area contributed by atoms with Gasteiger partial charge in [-0.3, -0.25) is 28.9 Å². The molecule has 13 heteroatoms. The largest absolute Gasteiger partial charge is 0.491 e. The van der Waals surface area contributed by atoms with Gasteiger partial charge in [-0.15, -0.1) is 0 Å². The predicted octanol–water partition coefficient (Wildman–Crippen LogP) is 0.432. The number of nitrogens with zero attached hydrogens (tertiary/aromatic N) is 2. The van der Waals surface area contributed by atoms with E-state index in [9.17, 15) is 24.0 Å². The van der Waals surface area contributed by atoms with Gasteiger partial charge in [0.15, 0.2) is 0 Å². The van der Waals surface area contributed by atoms with E-state index in [2.05, 4.69) is 26.2 Å². The van der Waals surface area contributed by atoms with Crippen LogP contribution in [-0.2, 0) is 37.0 Å². The average Bonchev–Trinajstić information content (AvgIpc) is 3.04. The van der Waals surface area contributed by atoms with Gasteiger partial charge in [0.2, 0.25) is 23.6 Å². The zero-order valence-electron chi connectivity index (χ0n) is 26.7. The van der Waals surface area contributed by atoms with Crippen molar-refractivity contribution in [2.24, 2.45) is 5.92 Å². The molecular formula is C33H44N6O7. The van der Waals surface area contributed by atoms with Crippen LogP contribution < -0.4 is 26.0 Å². The van der Waals surface area contributed by atoms with Crippen molar-refractivity contribution in [3.63, 3.8) is 0 Å². The summed E-state index contributed by atoms with van der Waals surface area (Å²) >= 11 is 0. The fourth-order valence-corrected chi connectivity index (χ4v) is 5.23. The molecule has 2 aliphatic heterocycles. The van der Waals surface area contributed by atoms with E-state index in [-0.39, 0.29) is 49.4 Å². The number of amides is 5. The van der Waals surface area contributed by atoms with Crippen LogP contribution in [0.5, 0.6) is 5.75 Å². The molecule has 0 unspecified atom stereocenters. The minimum Gasteiger partial charge on any atom is -0.491 e. The highest BCUT2D eigenvalue weighted by molar-refractivity contribution is 6.01. The molecule has 2 atom stereocenters. The Balaban J connectivity index is 1.51. The van der Waals surface area contributed by atoms with E-state index in [0.717, 1.165) is 30.8 Å². The van der Waals surface area contributed by atoms with Crippen molar-refractivity contribution in [2.75, 3.05) is 53.0 Å². The number of morpholine rings is 1. The maximum Gasteiger partial charge on any atom is 0.255 e. The molecule has 248 valence electrons. The highest BCUT2D eigenvalue weighted by Crippen LogP contribution is 2.18. The number of carbonyl (C=O) groups excluding carboxylic acids is 5. The SMILES string of the molecule is CC(C)[C@H]1NC(=O)CN(C)C(=O)C[C@@H](C(=O)NCc2cccc(CN3CCOCC3)c2)NC(=O)c2ccccc2OCCNC1=O. The zero-order chi connectivity index (χ0) is 33.1. The number of carbonyl (C=O) groups is 5. The van der Waals surface area contributed by atoms with Crippen LogP contribution in [0.3, 0.4) is 0 Å². The molecule has 13 nitrogen and oxygen atoms in total. The Kier molecular flexibility index (Phi) is 12.5. The number of rotatable bonds is 6. The summed E-state index contributed by atoms with van der Waals surface area (Å²) in [6, 6.07) is 12.3. The van der Waals surface area contributed by atoms with Crippen LogP contribution >= 0.6 is 0 Å². The Labute approximate surface area is 269 Å². The highest BCUT2D eigenvalue weighted by atomic mass is 16.5. The van der Waals surface area contributed by atoms with Crippen LogP contribution in [-0.4, -0.2) is 104 Å². The van der Waals surface area contributed by atoms with Crippen molar-refractivity contribution in [1.82, 2.24) is 31.1 Å². The van der Waals surface area contributed by atoms with Crippen LogP contribution in [0.15, 0.2) is 48.5 Å². The van der Waals surface area contributed by atoms with Crippen molar-refractivity contribution in [1.29, 1.82) is 0 Å². The minimum absolute atomic E-state index is 0.0601. The maximum absolute atomic E-state index is 13.5. The lowest BCUT2D eigenvalue weighted by Gasteiger charge is -2.26. The standard InChI is InChI=1S/C33H44N6O7/c1-22(2)30-33(44)34-11-14-46-27-10-5-4-9-25(27)31(42)36-26(18-29(41)38(3)21-28(40)37-30)32(43)35-19-23-7-6-8-24(17-23)20-39-12-15-45-16-13-39/h4-10,17,22,26,30H,11-16,18-21H2,1-3H3,(H,34,44)(H,35,43)(H,36,42)(H,37,40)/t26-,30+/m0/s1. The summed E-state index contributed by atoms with van der Waals surface area (Å²) in [6.45, 7) is 7.52. The molecule has 0 aromatic heterocycles. The smallest absolute Gasteiger partial charge is 0.255 e. The lowest BCUT2D eigenvalue weighted by molar-refractivity contribution is -0.137. The number of fused-ring (bicyclic) bond motifs is 1. The molecule has 2 aromatic rings. The van der Waals surface area contributed by atoms with Gasteiger partial charge >= 0.3 is 0 Å². The second-order valence-corrected chi connectivity index (χ2v) is 11.8. The van der Waals surface area contributed by atoms with Gasteiger partial charge in [-0.25, -0.2) is 0 Å². The lowest BCUT2D eigenvalue weighted by Crippen LogP contribution is -2.53. The van der Waals surface area contributed by atoms with E-state index in [0.29, 0.717) is 13.2 Å². The fourth-order valence-electron chi connectivity index (χ4n) is 5.23. The number of nitrogens with one attached hydrogen (secondary N) is 4. The van der Waals surface area contributed by atoms with Crippen LogP contribution in [0, 0.1) is 5.92 Å². The Hall–Kier alpha value is -4.49. The summed E-state index contributed by atoms with van der Waals surface area (Å²) in [6.07, 6.45) is -0.393. The molecule has 2 aliphatic rings. The lowest BCUT2D eigenvalue weighted by atomic mass is 10.0. The molecule has 1 saturated heterocycles. The molecule has 46 heavy (non-hydrogen) atoms. The molecule has 2 heterocycles. The van der Waals surface area contributed by atoms with Crippen LogP contribution in [0.25, 0.3) is 0 Å². The fraction of sp³-hybridized carbons (Fsp3) is 0.485. The van der Waals surface area contributed by atoms with Gasteiger partial charge in [0.25, 0.3) is 5.91 Å². The zero-order valence-corrected chi connectivity index (χ0v) is 26.7. The van der Waals surface area contributed by atoms with Crippen molar-refractivity contribution in [2.45, 2.75) is 45.4 Å². The van der Waals surface area contributed by atoms with Gasteiger partial charge < -0.3 is 35.6 Å². The molecule has 0 saturated carbocycles. The summed E-state index contributed by atoms with van der Waals surface area (Å²) in [4.78, 5) is 69.3. The molecule has 1 fully saturated rings. The van der Waals surface area contributed by atoms with Gasteiger partial charge in [0.1, 0.15) is 24.4 Å². The first-order valence-electron chi connectivity index (χ1n) is 15.6. The summed E-state index contributed by atoms with van der Waals surface area (Å²) in [7, 11) is 1.43. The van der Waals surface area contributed by atoms with Crippen molar-refractivity contribution in [3.05, 3.63) is 65.2 Å². The van der Waals surface area contributed by atoms with Gasteiger partial charge in [0.05, 0.1) is 38.3 Å². The van der Waals surface area contributed by atoms with Gasteiger partial charge in [-0.05, 0) is 29.2 Å². The van der Waals surface area contributed by atoms with E-state index in [1.54, 1.807) is 38.1 Å². The molecule has 0 aliphatic carbocycles. The second kappa shape index (κ2) is 16.7. The van der Waals surface area contributed by atoms with Crippen LogP contribution in [0.1, 0.15) is 41.8 Å². The van der Waals surface area contributed by atoms with Gasteiger partial charge in [-0.1, -0.05) is 50.2 Å². The monoisotopic (exact) mass is 636 g/mol. The summed E-state index contributed by atoms with van der Waals surface area (Å²) in [5, 5.41) is 11.0. The van der Waals surface area contributed by atoms with E-state index >= 15 is 0 Å². The molecule has 0 bridgehead atoms. The van der Waals surface area contributed by atoms with Crippen molar-refractivity contribution < 1.29 is 33.4 Å².